The van der Waals surface area contributed by atoms with Gasteiger partial charge in [0, 0.05) is 13.1 Å². The highest BCUT2D eigenvalue weighted by molar-refractivity contribution is 5.93. The molecule has 5 nitrogen and oxygen atoms in total. The molecule has 3 rings (SSSR count). The van der Waals surface area contributed by atoms with Gasteiger partial charge in [0.1, 0.15) is 5.69 Å². The molecule has 0 saturated carbocycles. The largest absolute Gasteiger partial charge is 0.463 e. The van der Waals surface area contributed by atoms with E-state index in [-0.39, 0.29) is 11.9 Å². The number of hydrogen-bond donors (Lipinski definition) is 1. The summed E-state index contributed by atoms with van der Waals surface area (Å²) in [6.07, 6.45) is 1.59. The molecule has 1 N–H and O–H groups in total. The summed E-state index contributed by atoms with van der Waals surface area (Å²) >= 11 is 0. The topological polar surface area (TPSA) is 62.1 Å². The number of aryl methyl sites for hydroxylation is 1. The van der Waals surface area contributed by atoms with E-state index >= 15 is 0 Å². The molecule has 0 aliphatic rings. The molecule has 0 radical (unpaired) electrons. The summed E-state index contributed by atoms with van der Waals surface area (Å²) in [5, 5.41) is 6.95. The Balaban J connectivity index is 1.78. The maximum absolute atomic E-state index is 12.6. The highest BCUT2D eigenvalue weighted by Gasteiger charge is 2.21. The van der Waals surface area contributed by atoms with E-state index in [1.54, 1.807) is 30.3 Å². The second-order valence-electron chi connectivity index (χ2n) is 5.65. The van der Waals surface area contributed by atoms with Crippen molar-refractivity contribution < 1.29 is 9.21 Å². The van der Waals surface area contributed by atoms with E-state index in [1.165, 1.54) is 5.56 Å². The molecule has 1 aromatic carbocycles. The van der Waals surface area contributed by atoms with Crippen LogP contribution in [0.4, 0.5) is 0 Å². The molecule has 5 heteroatoms. The van der Waals surface area contributed by atoms with E-state index in [2.05, 4.69) is 10.2 Å². The normalized spacial score (nSPS) is 12.1. The van der Waals surface area contributed by atoms with Crippen LogP contribution in [0.2, 0.25) is 0 Å². The Labute approximate surface area is 134 Å². The first-order valence-corrected chi connectivity index (χ1v) is 7.49. The number of amides is 1. The molecule has 0 aliphatic carbocycles. The predicted molar refractivity (Wildman–Crippen MR) is 88.0 cm³/mol. The molecule has 1 unspecified atom stereocenters. The first-order chi connectivity index (χ1) is 11.1. The maximum atomic E-state index is 12.6. The van der Waals surface area contributed by atoms with Crippen LogP contribution in [0.3, 0.4) is 0 Å². The lowest BCUT2D eigenvalue weighted by Gasteiger charge is -2.24. The van der Waals surface area contributed by atoms with Gasteiger partial charge in [-0.25, -0.2) is 0 Å². The minimum atomic E-state index is -0.132. The van der Waals surface area contributed by atoms with E-state index in [4.69, 9.17) is 4.42 Å². The zero-order valence-corrected chi connectivity index (χ0v) is 13.4. The quantitative estimate of drug-likeness (QED) is 0.797. The van der Waals surface area contributed by atoms with Crippen molar-refractivity contribution in [1.82, 2.24) is 15.1 Å². The number of hydrogen-bond acceptors (Lipinski definition) is 3. The van der Waals surface area contributed by atoms with E-state index in [9.17, 15) is 4.79 Å². The van der Waals surface area contributed by atoms with Crippen LogP contribution < -0.4 is 0 Å². The van der Waals surface area contributed by atoms with Gasteiger partial charge in [0.05, 0.1) is 12.3 Å². The van der Waals surface area contributed by atoms with Crippen molar-refractivity contribution in [2.45, 2.75) is 19.9 Å². The van der Waals surface area contributed by atoms with Crippen molar-refractivity contribution >= 4 is 5.91 Å². The molecule has 0 saturated heterocycles. The van der Waals surface area contributed by atoms with Gasteiger partial charge < -0.3 is 9.32 Å². The van der Waals surface area contributed by atoms with Crippen LogP contribution >= 0.6 is 0 Å². The third-order valence-electron chi connectivity index (χ3n) is 4.04. The fourth-order valence-electron chi connectivity index (χ4n) is 2.41. The van der Waals surface area contributed by atoms with Crippen LogP contribution in [0.1, 0.15) is 34.6 Å². The summed E-state index contributed by atoms with van der Waals surface area (Å²) in [6, 6.07) is 13.5. The van der Waals surface area contributed by atoms with Gasteiger partial charge in [0.2, 0.25) is 0 Å². The number of furan rings is 1. The Kier molecular flexibility index (Phi) is 4.02. The molecule has 1 atom stereocenters. The number of aromatic nitrogens is 2. The Hall–Kier alpha value is -2.82. The number of nitrogens with zero attached hydrogens (tertiary/aromatic N) is 2. The van der Waals surface area contributed by atoms with Gasteiger partial charge in [-0.2, -0.15) is 5.10 Å². The molecule has 0 aliphatic heterocycles. The first kappa shape index (κ1) is 15.1. The summed E-state index contributed by atoms with van der Waals surface area (Å²) in [5.41, 5.74) is 3.35. The molecule has 0 spiro atoms. The molecule has 0 bridgehead atoms. The van der Waals surface area contributed by atoms with Gasteiger partial charge in [-0.05, 0) is 31.5 Å². The van der Waals surface area contributed by atoms with Crippen LogP contribution in [0.5, 0.6) is 0 Å². The highest BCUT2D eigenvalue weighted by atomic mass is 16.3. The SMILES string of the molecule is Cc1ccc(C(C)N(C)C(=O)c2cc(-c3ccco3)[nH]n2)cc1. The molecular formula is C18H19N3O2. The molecule has 2 heterocycles. The van der Waals surface area contributed by atoms with Crippen LogP contribution in [-0.4, -0.2) is 28.1 Å². The van der Waals surface area contributed by atoms with Gasteiger partial charge in [-0.1, -0.05) is 29.8 Å². The first-order valence-electron chi connectivity index (χ1n) is 7.49. The minimum Gasteiger partial charge on any atom is -0.463 e. The van der Waals surface area contributed by atoms with Crippen molar-refractivity contribution in [2.75, 3.05) is 7.05 Å². The Morgan fingerprint density at radius 1 is 1.26 bits per heavy atom. The van der Waals surface area contributed by atoms with Gasteiger partial charge in [-0.15, -0.1) is 0 Å². The van der Waals surface area contributed by atoms with Crippen molar-refractivity contribution in [3.05, 3.63) is 65.5 Å². The minimum absolute atomic E-state index is 0.0353. The number of rotatable bonds is 4. The van der Waals surface area contributed by atoms with Crippen LogP contribution in [-0.2, 0) is 0 Å². The molecule has 23 heavy (non-hydrogen) atoms. The van der Waals surface area contributed by atoms with Gasteiger partial charge in [-0.3, -0.25) is 9.89 Å². The molecule has 2 aromatic heterocycles. The number of H-pyrrole nitrogens is 1. The third-order valence-corrected chi connectivity index (χ3v) is 4.04. The zero-order chi connectivity index (χ0) is 16.4. The third kappa shape index (κ3) is 3.04. The lowest BCUT2D eigenvalue weighted by atomic mass is 10.1. The van der Waals surface area contributed by atoms with E-state index < -0.39 is 0 Å². The van der Waals surface area contributed by atoms with Crippen molar-refractivity contribution in [2.24, 2.45) is 0 Å². The van der Waals surface area contributed by atoms with Crippen LogP contribution in [0.15, 0.2) is 53.1 Å². The number of aromatic amines is 1. The average Bonchev–Trinajstić information content (AvgIpc) is 3.24. The molecule has 118 valence electrons. The number of nitrogens with one attached hydrogen (secondary N) is 1. The summed E-state index contributed by atoms with van der Waals surface area (Å²) in [4.78, 5) is 14.3. The maximum Gasteiger partial charge on any atom is 0.274 e. The van der Waals surface area contributed by atoms with Crippen molar-refractivity contribution in [1.29, 1.82) is 0 Å². The highest BCUT2D eigenvalue weighted by Crippen LogP contribution is 2.23. The number of carbonyl (C=O) groups is 1. The molecule has 3 aromatic rings. The monoisotopic (exact) mass is 309 g/mol. The van der Waals surface area contributed by atoms with Crippen molar-refractivity contribution in [3.8, 4) is 11.5 Å². The molecular weight excluding hydrogens is 290 g/mol. The number of carbonyl (C=O) groups excluding carboxylic acids is 1. The van der Waals surface area contributed by atoms with E-state index in [0.717, 1.165) is 5.56 Å². The standard InChI is InChI=1S/C18H19N3O2/c1-12-6-8-14(9-7-12)13(2)21(3)18(22)16-11-15(19-20-16)17-5-4-10-23-17/h4-11,13H,1-3H3,(H,19,20). The van der Waals surface area contributed by atoms with E-state index in [0.29, 0.717) is 17.1 Å². The van der Waals surface area contributed by atoms with Gasteiger partial charge >= 0.3 is 0 Å². The predicted octanol–water partition coefficient (Wildman–Crippen LogP) is 3.81. The smallest absolute Gasteiger partial charge is 0.274 e. The fourth-order valence-corrected chi connectivity index (χ4v) is 2.41. The summed E-state index contributed by atoms with van der Waals surface area (Å²) in [6.45, 7) is 4.05. The molecule has 0 fully saturated rings. The summed E-state index contributed by atoms with van der Waals surface area (Å²) in [7, 11) is 1.79. The number of benzene rings is 1. The van der Waals surface area contributed by atoms with Gasteiger partial charge in [0.15, 0.2) is 11.5 Å². The zero-order valence-electron chi connectivity index (χ0n) is 13.4. The second-order valence-corrected chi connectivity index (χ2v) is 5.65. The Morgan fingerprint density at radius 3 is 2.65 bits per heavy atom. The Bertz CT molecular complexity index is 788. The Morgan fingerprint density at radius 2 is 2.00 bits per heavy atom. The van der Waals surface area contributed by atoms with Crippen LogP contribution in [0.25, 0.3) is 11.5 Å². The summed E-state index contributed by atoms with van der Waals surface area (Å²) < 4.78 is 5.30. The molecule has 1 amide bonds. The summed E-state index contributed by atoms with van der Waals surface area (Å²) in [5.74, 6) is 0.526. The lowest BCUT2D eigenvalue weighted by molar-refractivity contribution is 0.0736. The van der Waals surface area contributed by atoms with Crippen LogP contribution in [0, 0.1) is 6.92 Å². The second kappa shape index (κ2) is 6.12. The lowest BCUT2D eigenvalue weighted by Crippen LogP contribution is -2.29. The average molecular weight is 309 g/mol. The van der Waals surface area contributed by atoms with Crippen molar-refractivity contribution in [3.63, 3.8) is 0 Å². The van der Waals surface area contributed by atoms with E-state index in [1.807, 2.05) is 44.2 Å². The van der Waals surface area contributed by atoms with Gasteiger partial charge in [0.25, 0.3) is 5.91 Å². The fraction of sp³-hybridized carbons (Fsp3) is 0.222.